The lowest BCUT2D eigenvalue weighted by Crippen LogP contribution is -2.00. The van der Waals surface area contributed by atoms with Crippen LogP contribution in [0, 0.1) is 0 Å². The van der Waals surface area contributed by atoms with Crippen molar-refractivity contribution in [1.29, 1.82) is 0 Å². The summed E-state index contributed by atoms with van der Waals surface area (Å²) in [5.74, 6) is 0.883. The minimum absolute atomic E-state index is 0.883. The minimum Gasteiger partial charge on any atom is -0.316 e. The fraction of sp³-hybridized carbons (Fsp3) is 0. The molecule has 0 aliphatic rings. The van der Waals surface area contributed by atoms with Crippen LogP contribution in [-0.2, 0) is 0 Å². The van der Waals surface area contributed by atoms with Crippen molar-refractivity contribution in [1.82, 2.24) is 18.7 Å². The van der Waals surface area contributed by atoms with Crippen molar-refractivity contribution in [2.45, 2.75) is 0 Å². The molecule has 11 aromatic rings. The van der Waals surface area contributed by atoms with Gasteiger partial charge in [0.05, 0.1) is 33.3 Å². The van der Waals surface area contributed by atoms with E-state index in [4.69, 9.17) is 4.98 Å². The van der Waals surface area contributed by atoms with Crippen LogP contribution >= 0.6 is 0 Å². The Kier molecular flexibility index (Phi) is 6.52. The minimum atomic E-state index is 0.883. The molecule has 4 nitrogen and oxygen atoms in total. The summed E-state index contributed by atoms with van der Waals surface area (Å²) in [6.45, 7) is 0. The molecule has 4 heterocycles. The number of hydrogen-bond acceptors (Lipinski definition) is 1. The zero-order chi connectivity index (χ0) is 34.9. The molecule has 0 fully saturated rings. The number of pyridine rings is 1. The first-order chi connectivity index (χ1) is 26.3. The summed E-state index contributed by atoms with van der Waals surface area (Å²) < 4.78 is 7.08. The van der Waals surface area contributed by atoms with Crippen LogP contribution in [0.25, 0.3) is 94.1 Å². The van der Waals surface area contributed by atoms with E-state index in [0.717, 1.165) is 56.1 Å². The summed E-state index contributed by atoms with van der Waals surface area (Å²) in [4.78, 5) is 5.47. The molecule has 0 saturated heterocycles. The molecule has 11 rings (SSSR count). The van der Waals surface area contributed by atoms with Crippen molar-refractivity contribution >= 4 is 54.5 Å². The van der Waals surface area contributed by atoms with E-state index >= 15 is 0 Å². The Bertz CT molecular complexity index is 3080. The fourth-order valence-corrected chi connectivity index (χ4v) is 8.21. The number of hydrogen-bond donors (Lipinski definition) is 0. The highest BCUT2D eigenvalue weighted by molar-refractivity contribution is 6.20. The maximum absolute atomic E-state index is 5.47. The second-order valence-electron chi connectivity index (χ2n) is 13.7. The van der Waals surface area contributed by atoms with Crippen molar-refractivity contribution in [2.24, 2.45) is 0 Å². The van der Waals surface area contributed by atoms with Crippen molar-refractivity contribution in [2.75, 3.05) is 0 Å². The first kappa shape index (κ1) is 29.5. The van der Waals surface area contributed by atoms with Gasteiger partial charge in [0.25, 0.3) is 0 Å². The zero-order valence-electron chi connectivity index (χ0n) is 28.8. The third kappa shape index (κ3) is 4.66. The van der Waals surface area contributed by atoms with Crippen molar-refractivity contribution in [3.05, 3.63) is 194 Å². The van der Waals surface area contributed by atoms with Gasteiger partial charge in [0, 0.05) is 50.1 Å². The third-order valence-electron chi connectivity index (χ3n) is 10.6. The molecule has 53 heavy (non-hydrogen) atoms. The van der Waals surface area contributed by atoms with Gasteiger partial charge in [-0.05, 0) is 83.9 Å². The number of benzene rings is 7. The summed E-state index contributed by atoms with van der Waals surface area (Å²) in [7, 11) is 0. The van der Waals surface area contributed by atoms with Crippen LogP contribution in [0.3, 0.4) is 0 Å². The number of rotatable bonds is 5. The van der Waals surface area contributed by atoms with Crippen LogP contribution in [0.2, 0.25) is 0 Å². The topological polar surface area (TPSA) is 27.7 Å². The van der Waals surface area contributed by atoms with E-state index in [1.54, 1.807) is 0 Å². The lowest BCUT2D eigenvalue weighted by Gasteiger charge is -2.13. The molecule has 0 atom stereocenters. The van der Waals surface area contributed by atoms with Crippen LogP contribution in [-0.4, -0.2) is 18.7 Å². The average molecular weight is 677 g/mol. The molecular weight excluding hydrogens is 645 g/mol. The van der Waals surface area contributed by atoms with E-state index in [2.05, 4.69) is 208 Å². The molecule has 0 spiro atoms. The van der Waals surface area contributed by atoms with E-state index in [0.29, 0.717) is 0 Å². The van der Waals surface area contributed by atoms with Gasteiger partial charge in [-0.25, -0.2) is 4.98 Å². The van der Waals surface area contributed by atoms with Crippen molar-refractivity contribution in [3.63, 3.8) is 0 Å². The molecule has 0 radical (unpaired) electrons. The summed E-state index contributed by atoms with van der Waals surface area (Å²) in [6.07, 6.45) is 2.18. The number of fused-ring (bicyclic) bond motifs is 7. The first-order valence-electron chi connectivity index (χ1n) is 18.1. The molecule has 0 aliphatic heterocycles. The quantitative estimate of drug-likeness (QED) is 0.178. The van der Waals surface area contributed by atoms with Gasteiger partial charge in [-0.2, -0.15) is 0 Å². The fourth-order valence-electron chi connectivity index (χ4n) is 8.21. The van der Waals surface area contributed by atoms with E-state index in [1.165, 1.54) is 38.0 Å². The predicted molar refractivity (Wildman–Crippen MR) is 221 cm³/mol. The Hall–Kier alpha value is -7.17. The number of aromatic nitrogens is 4. The molecule has 0 N–H and O–H groups in total. The maximum atomic E-state index is 5.47. The van der Waals surface area contributed by atoms with E-state index in [-0.39, 0.29) is 0 Å². The van der Waals surface area contributed by atoms with Crippen LogP contribution in [0.15, 0.2) is 194 Å². The van der Waals surface area contributed by atoms with Crippen molar-refractivity contribution in [3.8, 4) is 39.6 Å². The highest BCUT2D eigenvalue weighted by Gasteiger charge is 2.21. The molecule has 7 aromatic carbocycles. The Morgan fingerprint density at radius 3 is 1.64 bits per heavy atom. The highest BCUT2D eigenvalue weighted by Crippen LogP contribution is 2.41. The van der Waals surface area contributed by atoms with Gasteiger partial charge in [0.2, 0.25) is 0 Å². The second kappa shape index (κ2) is 11.7. The zero-order valence-corrected chi connectivity index (χ0v) is 28.8. The second-order valence-corrected chi connectivity index (χ2v) is 13.7. The summed E-state index contributed by atoms with van der Waals surface area (Å²) in [5, 5.41) is 6.01. The number of para-hydroxylation sites is 3. The molecule has 4 heteroatoms. The molecule has 0 unspecified atom stereocenters. The molecule has 4 aromatic heterocycles. The van der Waals surface area contributed by atoms with Gasteiger partial charge in [0.1, 0.15) is 5.82 Å². The lowest BCUT2D eigenvalue weighted by atomic mass is 10.0. The van der Waals surface area contributed by atoms with Gasteiger partial charge in [0.15, 0.2) is 0 Å². The molecule has 248 valence electrons. The SMILES string of the molecule is c1ccc(-c2cc(-c3ccccc3)nc(-n3c4cc5c6ccccc6n(-c6ccccc6)c5cc4c4cc5ccn(-c6ccccc6)c5cc43)c2)cc1. The standard InChI is InChI=1S/C49H32N4/c1-5-15-33(16-6-1)36-28-43(34-17-7-2-8-18-34)50-49(29-36)53-47-30-41-39-23-13-14-24-44(39)52(38-21-11-4-12-22-38)46(41)31-42(47)40-27-35-25-26-51(45(35)32-48(40)53)37-19-9-3-10-20-37/h1-32H. The van der Waals surface area contributed by atoms with Gasteiger partial charge in [-0.3, -0.25) is 4.57 Å². The van der Waals surface area contributed by atoms with Crippen LogP contribution in [0.1, 0.15) is 0 Å². The Labute approximate surface area is 306 Å². The van der Waals surface area contributed by atoms with Gasteiger partial charge in [-0.15, -0.1) is 0 Å². The van der Waals surface area contributed by atoms with E-state index in [1.807, 2.05) is 0 Å². The maximum Gasteiger partial charge on any atom is 0.138 e. The van der Waals surface area contributed by atoms with Crippen LogP contribution in [0.4, 0.5) is 0 Å². The summed E-state index contributed by atoms with van der Waals surface area (Å²) in [5.41, 5.74) is 12.3. The van der Waals surface area contributed by atoms with Crippen LogP contribution < -0.4 is 0 Å². The molecule has 0 aliphatic carbocycles. The highest BCUT2D eigenvalue weighted by atomic mass is 15.1. The van der Waals surface area contributed by atoms with E-state index in [9.17, 15) is 0 Å². The third-order valence-corrected chi connectivity index (χ3v) is 10.6. The smallest absolute Gasteiger partial charge is 0.138 e. The predicted octanol–water partition coefficient (Wildman–Crippen LogP) is 12.6. The van der Waals surface area contributed by atoms with E-state index < -0.39 is 0 Å². The monoisotopic (exact) mass is 676 g/mol. The Morgan fingerprint density at radius 1 is 0.340 bits per heavy atom. The van der Waals surface area contributed by atoms with Gasteiger partial charge >= 0.3 is 0 Å². The number of nitrogens with zero attached hydrogens (tertiary/aromatic N) is 4. The normalized spacial score (nSPS) is 11.8. The average Bonchev–Trinajstić information content (AvgIpc) is 3.89. The lowest BCUT2D eigenvalue weighted by molar-refractivity contribution is 1.08. The van der Waals surface area contributed by atoms with Gasteiger partial charge in [-0.1, -0.05) is 115 Å². The Morgan fingerprint density at radius 2 is 0.906 bits per heavy atom. The molecule has 0 bridgehead atoms. The molecule has 0 saturated carbocycles. The van der Waals surface area contributed by atoms with Crippen LogP contribution in [0.5, 0.6) is 0 Å². The summed E-state index contributed by atoms with van der Waals surface area (Å²) >= 11 is 0. The Balaban J connectivity index is 1.29. The molecule has 0 amide bonds. The van der Waals surface area contributed by atoms with Gasteiger partial charge < -0.3 is 9.13 Å². The molecular formula is C49H32N4. The van der Waals surface area contributed by atoms with Crippen molar-refractivity contribution < 1.29 is 0 Å². The largest absolute Gasteiger partial charge is 0.316 e. The summed E-state index contributed by atoms with van der Waals surface area (Å²) in [6, 6.07) is 67.4. The first-order valence-corrected chi connectivity index (χ1v) is 18.1.